The van der Waals surface area contributed by atoms with E-state index in [4.69, 9.17) is 0 Å². The number of likely N-dealkylation sites (N-methyl/N-ethyl adjacent to an activating group) is 1. The summed E-state index contributed by atoms with van der Waals surface area (Å²) in [5, 5.41) is 9.47. The first-order valence-electron chi connectivity index (χ1n) is 12.7. The molecule has 0 spiro atoms. The van der Waals surface area contributed by atoms with Crippen LogP contribution >= 0.6 is 37.2 Å². The van der Waals surface area contributed by atoms with E-state index in [1.54, 1.807) is 12.4 Å². The molecular formula is C27H38Cl3N5O3. The molecule has 0 aliphatic carbocycles. The second-order valence-electron chi connectivity index (χ2n) is 10.1. The van der Waals surface area contributed by atoms with Crippen molar-refractivity contribution < 1.29 is 14.7 Å². The molecule has 2 fully saturated rings. The summed E-state index contributed by atoms with van der Waals surface area (Å²) in [4.78, 5) is 37.7. The summed E-state index contributed by atoms with van der Waals surface area (Å²) < 4.78 is 0. The van der Waals surface area contributed by atoms with Crippen LogP contribution in [-0.2, 0) is 17.6 Å². The predicted octanol–water partition coefficient (Wildman–Crippen LogP) is 4.30. The van der Waals surface area contributed by atoms with Gasteiger partial charge < -0.3 is 14.9 Å². The van der Waals surface area contributed by atoms with E-state index < -0.39 is 5.97 Å². The molecule has 11 heteroatoms. The van der Waals surface area contributed by atoms with Gasteiger partial charge in [0.05, 0.1) is 6.42 Å². The summed E-state index contributed by atoms with van der Waals surface area (Å²) in [5.74, 6) is -0.807. The Hall–Kier alpha value is -2.10. The van der Waals surface area contributed by atoms with Gasteiger partial charge in [-0.1, -0.05) is 12.1 Å². The lowest BCUT2D eigenvalue weighted by Crippen LogP contribution is -2.47. The highest BCUT2D eigenvalue weighted by molar-refractivity contribution is 5.94. The fourth-order valence-corrected chi connectivity index (χ4v) is 5.83. The molecule has 1 N–H and O–H groups in total. The molecule has 3 aliphatic heterocycles. The van der Waals surface area contributed by atoms with Crippen LogP contribution in [0.15, 0.2) is 42.7 Å². The zero-order chi connectivity index (χ0) is 24.4. The minimum Gasteiger partial charge on any atom is -0.481 e. The molecule has 1 aromatic heterocycles. The third-order valence-corrected chi connectivity index (χ3v) is 7.89. The van der Waals surface area contributed by atoms with E-state index in [-0.39, 0.29) is 61.8 Å². The molecule has 5 rings (SSSR count). The Bertz CT molecular complexity index is 1070. The molecule has 210 valence electrons. The number of nitrogens with zero attached hydrogens (tertiary/aromatic N) is 5. The van der Waals surface area contributed by atoms with E-state index in [9.17, 15) is 14.7 Å². The molecule has 2 saturated heterocycles. The first kappa shape index (κ1) is 32.1. The van der Waals surface area contributed by atoms with Crippen LogP contribution in [0, 0.1) is 0 Å². The maximum Gasteiger partial charge on any atom is 0.324 e. The van der Waals surface area contributed by atoms with E-state index in [0.717, 1.165) is 76.2 Å². The lowest BCUT2D eigenvalue weighted by atomic mass is 9.97. The van der Waals surface area contributed by atoms with Crippen LogP contribution in [-0.4, -0.2) is 89.1 Å². The Kier molecular flexibility index (Phi) is 12.1. The van der Waals surface area contributed by atoms with E-state index >= 15 is 0 Å². The Labute approximate surface area is 243 Å². The number of urea groups is 1. The van der Waals surface area contributed by atoms with Gasteiger partial charge in [0, 0.05) is 69.4 Å². The molecule has 2 aromatic rings. The number of aromatic nitrogens is 1. The first-order valence-corrected chi connectivity index (χ1v) is 12.7. The van der Waals surface area contributed by atoms with Crippen molar-refractivity contribution in [3.05, 3.63) is 59.4 Å². The summed E-state index contributed by atoms with van der Waals surface area (Å²) in [6, 6.07) is 10.5. The number of carbonyl (C=O) groups excluding carboxylic acids is 1. The van der Waals surface area contributed by atoms with E-state index in [1.165, 1.54) is 11.1 Å². The lowest BCUT2D eigenvalue weighted by Gasteiger charge is -2.40. The smallest absolute Gasteiger partial charge is 0.324 e. The average Bonchev–Trinajstić information content (AvgIpc) is 3.16. The Morgan fingerprint density at radius 1 is 1.00 bits per heavy atom. The van der Waals surface area contributed by atoms with E-state index in [0.29, 0.717) is 0 Å². The van der Waals surface area contributed by atoms with Crippen LogP contribution in [0.4, 0.5) is 10.5 Å². The lowest BCUT2D eigenvalue weighted by molar-refractivity contribution is -0.138. The van der Waals surface area contributed by atoms with Gasteiger partial charge in [-0.15, -0.1) is 37.2 Å². The highest BCUT2D eigenvalue weighted by atomic mass is 35.5. The second-order valence-corrected chi connectivity index (χ2v) is 10.1. The minimum absolute atomic E-state index is 0. The molecular weight excluding hydrogens is 549 g/mol. The number of rotatable bonds is 6. The van der Waals surface area contributed by atoms with Crippen molar-refractivity contribution in [1.82, 2.24) is 19.7 Å². The molecule has 1 aromatic carbocycles. The summed E-state index contributed by atoms with van der Waals surface area (Å²) in [6.07, 6.45) is 7.33. The van der Waals surface area contributed by atoms with Crippen molar-refractivity contribution in [2.45, 2.75) is 44.2 Å². The topological polar surface area (TPSA) is 80.2 Å². The summed E-state index contributed by atoms with van der Waals surface area (Å²) in [6.45, 7) is 5.13. The van der Waals surface area contributed by atoms with Gasteiger partial charge in [0.2, 0.25) is 0 Å². The summed E-state index contributed by atoms with van der Waals surface area (Å²) >= 11 is 0. The van der Waals surface area contributed by atoms with Crippen LogP contribution in [0.5, 0.6) is 0 Å². The van der Waals surface area contributed by atoms with Gasteiger partial charge in [-0.2, -0.15) is 0 Å². The van der Waals surface area contributed by atoms with E-state index in [2.05, 4.69) is 40.0 Å². The first-order chi connectivity index (χ1) is 17.0. The summed E-state index contributed by atoms with van der Waals surface area (Å²) in [7, 11) is 2.17. The van der Waals surface area contributed by atoms with Crippen molar-refractivity contribution in [2.75, 3.05) is 51.2 Å². The number of hydrogen-bond acceptors (Lipinski definition) is 5. The molecule has 4 heterocycles. The number of carboxylic acid groups (broad SMARTS) is 1. The number of hydrogen-bond donors (Lipinski definition) is 1. The molecule has 0 radical (unpaired) electrons. The van der Waals surface area contributed by atoms with Gasteiger partial charge >= 0.3 is 12.0 Å². The number of halogens is 3. The molecule has 1 atom stereocenters. The van der Waals surface area contributed by atoms with Crippen LogP contribution in [0.3, 0.4) is 0 Å². The number of anilines is 1. The fourth-order valence-electron chi connectivity index (χ4n) is 5.83. The standard InChI is InChI=1S/C27H35N5O3.3ClH/c1-29-11-6-20-4-5-24(17-21(20)7-12-29)32-16-15-31(27(32)35)23-8-13-30(14-9-23)25(18-26(33)34)22-3-2-10-28-19-22;;;/h2-5,10,17,19,23,25H,6-9,11-16,18H2,1H3,(H,33,34);3*1H. The number of carbonyl (C=O) groups is 2. The monoisotopic (exact) mass is 585 g/mol. The van der Waals surface area contributed by atoms with Gasteiger partial charge in [0.1, 0.15) is 0 Å². The largest absolute Gasteiger partial charge is 0.481 e. The number of benzene rings is 1. The molecule has 3 aliphatic rings. The van der Waals surface area contributed by atoms with Crippen LogP contribution < -0.4 is 4.90 Å². The van der Waals surface area contributed by atoms with Gasteiger partial charge in [-0.05, 0) is 67.6 Å². The van der Waals surface area contributed by atoms with Crippen LogP contribution in [0.25, 0.3) is 0 Å². The van der Waals surface area contributed by atoms with Crippen molar-refractivity contribution in [3.63, 3.8) is 0 Å². The third-order valence-electron chi connectivity index (χ3n) is 7.89. The Morgan fingerprint density at radius 3 is 2.37 bits per heavy atom. The number of likely N-dealkylation sites (tertiary alicyclic amines) is 1. The molecule has 1 unspecified atom stereocenters. The number of piperidine rings is 1. The predicted molar refractivity (Wildman–Crippen MR) is 156 cm³/mol. The second kappa shape index (κ2) is 14.3. The van der Waals surface area contributed by atoms with Crippen LogP contribution in [0.1, 0.15) is 42.0 Å². The van der Waals surface area contributed by atoms with Crippen molar-refractivity contribution in [3.8, 4) is 0 Å². The van der Waals surface area contributed by atoms with Crippen molar-refractivity contribution in [2.24, 2.45) is 0 Å². The number of carboxylic acids is 1. The quantitative estimate of drug-likeness (QED) is 0.544. The molecule has 8 nitrogen and oxygen atoms in total. The zero-order valence-corrected chi connectivity index (χ0v) is 24.1. The van der Waals surface area contributed by atoms with Crippen molar-refractivity contribution in [1.29, 1.82) is 0 Å². The van der Waals surface area contributed by atoms with Crippen LogP contribution in [0.2, 0.25) is 0 Å². The normalized spacial score (nSPS) is 19.4. The Morgan fingerprint density at radius 2 is 1.71 bits per heavy atom. The SMILES string of the molecule is CN1CCc2ccc(N3CCN(C4CCN(C(CC(=O)O)c5cccnc5)CC4)C3=O)cc2CC1.Cl.Cl.Cl. The van der Waals surface area contributed by atoms with Gasteiger partial charge in [-0.3, -0.25) is 19.6 Å². The number of aliphatic carboxylic acids is 1. The minimum atomic E-state index is -0.807. The molecule has 38 heavy (non-hydrogen) atoms. The Balaban J connectivity index is 0.00000169. The van der Waals surface area contributed by atoms with Gasteiger partial charge in [-0.25, -0.2) is 4.79 Å². The number of amides is 2. The van der Waals surface area contributed by atoms with Crippen molar-refractivity contribution >= 4 is 54.9 Å². The summed E-state index contributed by atoms with van der Waals surface area (Å²) in [5.41, 5.74) is 4.72. The molecule has 2 amide bonds. The van der Waals surface area contributed by atoms with Gasteiger partial charge in [0.15, 0.2) is 0 Å². The zero-order valence-electron chi connectivity index (χ0n) is 21.7. The molecule has 0 bridgehead atoms. The van der Waals surface area contributed by atoms with Gasteiger partial charge in [0.25, 0.3) is 0 Å². The fraction of sp³-hybridized carbons (Fsp3) is 0.519. The molecule has 0 saturated carbocycles. The maximum atomic E-state index is 13.4. The number of fused-ring (bicyclic) bond motifs is 1. The highest BCUT2D eigenvalue weighted by Gasteiger charge is 2.37. The third kappa shape index (κ3) is 7.10. The number of pyridine rings is 1. The average molecular weight is 587 g/mol. The maximum absolute atomic E-state index is 13.4. The van der Waals surface area contributed by atoms with E-state index in [1.807, 2.05) is 21.9 Å². The highest BCUT2D eigenvalue weighted by Crippen LogP contribution is 2.31.